The van der Waals surface area contributed by atoms with Crippen LogP contribution in [-0.4, -0.2) is 19.5 Å². The highest BCUT2D eigenvalue weighted by molar-refractivity contribution is 6.99. The summed E-state index contributed by atoms with van der Waals surface area (Å²) in [7, 11) is -2.71. The van der Waals surface area contributed by atoms with Crippen LogP contribution in [0.15, 0.2) is 84.9 Å². The second kappa shape index (κ2) is 8.74. The lowest BCUT2D eigenvalue weighted by Crippen LogP contribution is -2.67. The number of aliphatic hydroxyl groups excluding tert-OH is 1. The van der Waals surface area contributed by atoms with E-state index in [4.69, 9.17) is 4.43 Å². The van der Waals surface area contributed by atoms with Crippen molar-refractivity contribution < 1.29 is 9.53 Å². The van der Waals surface area contributed by atoms with Crippen LogP contribution in [0.1, 0.15) is 44.4 Å². The molecule has 1 aliphatic carbocycles. The van der Waals surface area contributed by atoms with Gasteiger partial charge in [-0.3, -0.25) is 0 Å². The average Bonchev–Trinajstić information content (AvgIpc) is 2.88. The summed E-state index contributed by atoms with van der Waals surface area (Å²) in [5.41, 5.74) is 2.43. The zero-order chi connectivity index (χ0) is 22.1. The topological polar surface area (TPSA) is 29.5 Å². The van der Waals surface area contributed by atoms with Crippen molar-refractivity contribution in [1.82, 2.24) is 0 Å². The summed E-state index contributed by atoms with van der Waals surface area (Å²) in [5, 5.41) is 13.3. The number of aliphatic hydroxyl groups is 1. The van der Waals surface area contributed by atoms with Gasteiger partial charge in [0, 0.05) is 6.42 Å². The van der Waals surface area contributed by atoms with Crippen molar-refractivity contribution in [3.05, 3.63) is 103 Å². The van der Waals surface area contributed by atoms with E-state index in [-0.39, 0.29) is 17.1 Å². The number of hydrogen-bond donors (Lipinski definition) is 1. The Bertz CT molecular complexity index is 955. The van der Waals surface area contributed by atoms with E-state index in [1.807, 2.05) is 0 Å². The Morgan fingerprint density at radius 3 is 1.90 bits per heavy atom. The molecule has 3 aromatic carbocycles. The lowest BCUT2D eigenvalue weighted by Gasteiger charge is -2.45. The fourth-order valence-electron chi connectivity index (χ4n) is 5.01. The quantitative estimate of drug-likeness (QED) is 0.464. The number of benzene rings is 3. The van der Waals surface area contributed by atoms with Crippen LogP contribution < -0.4 is 10.4 Å². The van der Waals surface area contributed by atoms with E-state index < -0.39 is 14.4 Å². The molecule has 0 fully saturated rings. The number of fused-ring (bicyclic) bond motifs is 1. The summed E-state index contributed by atoms with van der Waals surface area (Å²) in [4.78, 5) is 0. The molecule has 1 N–H and O–H groups in total. The van der Waals surface area contributed by atoms with E-state index >= 15 is 0 Å². The van der Waals surface area contributed by atoms with Gasteiger partial charge in [-0.15, -0.1) is 0 Å². The first kappa shape index (κ1) is 22.0. The lowest BCUT2D eigenvalue weighted by atomic mass is 9.97. The van der Waals surface area contributed by atoms with Gasteiger partial charge in [-0.05, 0) is 45.8 Å². The Balaban J connectivity index is 1.91. The van der Waals surface area contributed by atoms with E-state index in [2.05, 4.69) is 113 Å². The zero-order valence-corrected chi connectivity index (χ0v) is 19.8. The van der Waals surface area contributed by atoms with Gasteiger partial charge in [-0.1, -0.05) is 106 Å². The van der Waals surface area contributed by atoms with Gasteiger partial charge in [0.2, 0.25) is 0 Å². The monoisotopic (exact) mass is 429 g/mol. The zero-order valence-electron chi connectivity index (χ0n) is 18.8. The molecule has 0 aromatic heterocycles. The first-order chi connectivity index (χ1) is 14.8. The first-order valence-electron chi connectivity index (χ1n) is 11.2. The molecule has 3 unspecified atom stereocenters. The molecule has 2 nitrogen and oxygen atoms in total. The van der Waals surface area contributed by atoms with Crippen molar-refractivity contribution in [2.24, 2.45) is 5.92 Å². The summed E-state index contributed by atoms with van der Waals surface area (Å²) in [6.45, 7) is 11.1. The summed E-state index contributed by atoms with van der Waals surface area (Å²) >= 11 is 0. The molecular formula is C28H33O2Si. The maximum absolute atomic E-state index is 10.9. The Hall–Kier alpha value is -2.20. The Morgan fingerprint density at radius 1 is 0.839 bits per heavy atom. The van der Waals surface area contributed by atoms with Gasteiger partial charge < -0.3 is 9.53 Å². The molecule has 0 amide bonds. The second-order valence-corrected chi connectivity index (χ2v) is 14.0. The molecule has 0 heterocycles. The van der Waals surface area contributed by atoms with E-state index in [0.29, 0.717) is 6.42 Å². The molecule has 1 aliphatic rings. The minimum Gasteiger partial charge on any atom is -0.400 e. The van der Waals surface area contributed by atoms with Crippen LogP contribution in [-0.2, 0) is 10.8 Å². The molecule has 161 valence electrons. The van der Waals surface area contributed by atoms with Gasteiger partial charge in [-0.2, -0.15) is 0 Å². The summed E-state index contributed by atoms with van der Waals surface area (Å²) in [6, 6.07) is 29.9. The van der Waals surface area contributed by atoms with Crippen LogP contribution in [0.3, 0.4) is 0 Å². The minimum absolute atomic E-state index is 0.0334. The molecule has 3 aromatic rings. The van der Waals surface area contributed by atoms with Crippen LogP contribution in [0.2, 0.25) is 5.04 Å². The van der Waals surface area contributed by atoms with Crippen LogP contribution >= 0.6 is 0 Å². The molecule has 0 aliphatic heterocycles. The van der Waals surface area contributed by atoms with Crippen LogP contribution in [0.5, 0.6) is 0 Å². The lowest BCUT2D eigenvalue weighted by molar-refractivity contribution is 0.0686. The fourth-order valence-corrected chi connectivity index (χ4v) is 9.67. The Morgan fingerprint density at radius 2 is 1.35 bits per heavy atom. The largest absolute Gasteiger partial charge is 0.400 e. The van der Waals surface area contributed by atoms with Gasteiger partial charge >= 0.3 is 0 Å². The Labute approximate surface area is 188 Å². The third-order valence-corrected chi connectivity index (χ3v) is 11.7. The SMILES string of the molecule is [CH2]C1Cc2ccccc2C(O[Si](c2ccccc2)(c2ccccc2)C(C)(C)C)CC1O. The molecule has 31 heavy (non-hydrogen) atoms. The van der Waals surface area contributed by atoms with Crippen molar-refractivity contribution in [3.63, 3.8) is 0 Å². The molecule has 0 saturated heterocycles. The van der Waals surface area contributed by atoms with Gasteiger partial charge in [0.1, 0.15) is 0 Å². The van der Waals surface area contributed by atoms with Crippen molar-refractivity contribution in [2.75, 3.05) is 0 Å². The Kier molecular flexibility index (Phi) is 6.20. The third kappa shape index (κ3) is 4.15. The minimum atomic E-state index is -2.71. The first-order valence-corrected chi connectivity index (χ1v) is 13.1. The second-order valence-electron chi connectivity index (χ2n) is 9.74. The maximum Gasteiger partial charge on any atom is 0.261 e. The van der Waals surface area contributed by atoms with Gasteiger partial charge in [-0.25, -0.2) is 0 Å². The number of rotatable bonds is 4. The standard InChI is InChI=1S/C28H33O2Si/c1-21-19-22-13-11-12-18-25(22)27(20-26(21)29)30-31(28(2,3)4,23-14-7-5-8-15-23)24-16-9-6-10-17-24/h5-18,21,26-27,29H,1,19-20H2,2-4H3. The van der Waals surface area contributed by atoms with Crippen molar-refractivity contribution in [2.45, 2.75) is 50.9 Å². The predicted octanol–water partition coefficient (Wildman–Crippen LogP) is 5.06. The molecule has 0 spiro atoms. The average molecular weight is 430 g/mol. The highest BCUT2D eigenvalue weighted by atomic mass is 28.4. The van der Waals surface area contributed by atoms with Crippen molar-refractivity contribution in [3.8, 4) is 0 Å². The van der Waals surface area contributed by atoms with E-state index in [9.17, 15) is 5.11 Å². The fraction of sp³-hybridized carbons (Fsp3) is 0.321. The van der Waals surface area contributed by atoms with Crippen LogP contribution in [0.25, 0.3) is 0 Å². The van der Waals surface area contributed by atoms with E-state index in [1.54, 1.807) is 0 Å². The molecule has 3 heteroatoms. The molecule has 0 saturated carbocycles. The van der Waals surface area contributed by atoms with E-state index in [0.717, 1.165) is 6.42 Å². The highest BCUT2D eigenvalue weighted by Crippen LogP contribution is 2.43. The van der Waals surface area contributed by atoms with E-state index in [1.165, 1.54) is 21.5 Å². The molecular weight excluding hydrogens is 396 g/mol. The summed E-state index contributed by atoms with van der Waals surface area (Å²) < 4.78 is 7.39. The molecule has 0 bridgehead atoms. The van der Waals surface area contributed by atoms with Gasteiger partial charge in [0.25, 0.3) is 8.32 Å². The molecule has 3 atom stereocenters. The molecule has 4 rings (SSSR count). The normalized spacial score (nSPS) is 21.9. The van der Waals surface area contributed by atoms with Crippen LogP contribution in [0, 0.1) is 12.8 Å². The summed E-state index contributed by atoms with van der Waals surface area (Å²) in [6.07, 6.45) is 0.674. The van der Waals surface area contributed by atoms with Crippen molar-refractivity contribution >= 4 is 18.7 Å². The van der Waals surface area contributed by atoms with Crippen molar-refractivity contribution in [1.29, 1.82) is 0 Å². The predicted molar refractivity (Wildman–Crippen MR) is 131 cm³/mol. The maximum atomic E-state index is 10.9. The number of hydrogen-bond acceptors (Lipinski definition) is 2. The van der Waals surface area contributed by atoms with Gasteiger partial charge in [0.05, 0.1) is 12.2 Å². The van der Waals surface area contributed by atoms with Gasteiger partial charge in [0.15, 0.2) is 0 Å². The summed E-state index contributed by atoms with van der Waals surface area (Å²) in [5.74, 6) is -0.0334. The molecule has 1 radical (unpaired) electrons. The third-order valence-electron chi connectivity index (χ3n) is 6.62. The van der Waals surface area contributed by atoms with Crippen LogP contribution in [0.4, 0.5) is 0 Å². The smallest absolute Gasteiger partial charge is 0.261 e. The highest BCUT2D eigenvalue weighted by Gasteiger charge is 2.52.